The Kier molecular flexibility index (Phi) is 4.42. The lowest BCUT2D eigenvalue weighted by Crippen LogP contribution is -2.56. The first kappa shape index (κ1) is 15.6. The highest BCUT2D eigenvalue weighted by Crippen LogP contribution is 2.38. The molecule has 1 aliphatic carbocycles. The van der Waals surface area contributed by atoms with Crippen molar-refractivity contribution in [2.45, 2.75) is 24.8 Å². The Bertz CT molecular complexity index is 524. The lowest BCUT2D eigenvalue weighted by molar-refractivity contribution is 0.0600. The van der Waals surface area contributed by atoms with Crippen LogP contribution in [0.4, 0.5) is 11.4 Å². The number of benzene rings is 1. The van der Waals surface area contributed by atoms with Gasteiger partial charge in [-0.1, -0.05) is 0 Å². The third-order valence-electron chi connectivity index (χ3n) is 4.62. The Labute approximate surface area is 126 Å². The van der Waals surface area contributed by atoms with E-state index in [1.807, 2.05) is 13.1 Å². The predicted octanol–water partition coefficient (Wildman–Crippen LogP) is 1.98. The van der Waals surface area contributed by atoms with E-state index < -0.39 is 0 Å². The average molecular weight is 291 g/mol. The highest BCUT2D eigenvalue weighted by atomic mass is 16.5. The monoisotopic (exact) mass is 291 g/mol. The number of methoxy groups -OCH3 is 1. The molecule has 0 atom stereocenters. The average Bonchev–Trinajstić information content (AvgIpc) is 2.41. The first-order valence-corrected chi connectivity index (χ1v) is 7.26. The first-order chi connectivity index (χ1) is 9.89. The van der Waals surface area contributed by atoms with Gasteiger partial charge >= 0.3 is 5.97 Å². The van der Waals surface area contributed by atoms with E-state index in [0.29, 0.717) is 11.3 Å². The van der Waals surface area contributed by atoms with Crippen LogP contribution in [0.3, 0.4) is 0 Å². The van der Waals surface area contributed by atoms with Crippen LogP contribution in [0.25, 0.3) is 0 Å². The van der Waals surface area contributed by atoms with Crippen molar-refractivity contribution < 1.29 is 9.53 Å². The second-order valence-electron chi connectivity index (χ2n) is 6.09. The normalized spacial score (nSPS) is 16.4. The van der Waals surface area contributed by atoms with Gasteiger partial charge in [0.15, 0.2) is 0 Å². The van der Waals surface area contributed by atoms with Gasteiger partial charge in [0.25, 0.3) is 0 Å². The summed E-state index contributed by atoms with van der Waals surface area (Å²) < 4.78 is 4.72. The van der Waals surface area contributed by atoms with Crippen molar-refractivity contribution in [1.29, 1.82) is 0 Å². The first-order valence-electron chi connectivity index (χ1n) is 7.26. The molecule has 21 heavy (non-hydrogen) atoms. The zero-order valence-corrected chi connectivity index (χ0v) is 13.3. The molecule has 2 rings (SSSR count). The smallest absolute Gasteiger partial charge is 0.337 e. The molecule has 0 amide bonds. The molecule has 116 valence electrons. The summed E-state index contributed by atoms with van der Waals surface area (Å²) in [4.78, 5) is 16.0. The predicted molar refractivity (Wildman–Crippen MR) is 85.7 cm³/mol. The number of hydrogen-bond acceptors (Lipinski definition) is 5. The Hall–Kier alpha value is -1.75. The molecule has 0 aliphatic heterocycles. The Morgan fingerprint density at radius 3 is 2.43 bits per heavy atom. The summed E-state index contributed by atoms with van der Waals surface area (Å²) in [7, 11) is 7.69. The van der Waals surface area contributed by atoms with Crippen molar-refractivity contribution in [3.8, 4) is 0 Å². The molecule has 1 fully saturated rings. The minimum Gasteiger partial charge on any atom is -0.465 e. The van der Waals surface area contributed by atoms with Gasteiger partial charge in [0.05, 0.1) is 24.0 Å². The molecule has 0 spiro atoms. The van der Waals surface area contributed by atoms with Gasteiger partial charge in [-0.05, 0) is 51.6 Å². The molecule has 0 radical (unpaired) electrons. The van der Waals surface area contributed by atoms with Gasteiger partial charge < -0.3 is 20.3 Å². The number of esters is 1. The molecule has 1 saturated carbocycles. The van der Waals surface area contributed by atoms with Crippen LogP contribution in [0.1, 0.15) is 29.6 Å². The summed E-state index contributed by atoms with van der Waals surface area (Å²) in [6.07, 6.45) is 3.71. The zero-order chi connectivity index (χ0) is 15.6. The van der Waals surface area contributed by atoms with E-state index >= 15 is 0 Å². The number of carbonyl (C=O) groups is 1. The van der Waals surface area contributed by atoms with E-state index in [4.69, 9.17) is 10.5 Å². The van der Waals surface area contributed by atoms with Gasteiger partial charge in [-0.3, -0.25) is 0 Å². The van der Waals surface area contributed by atoms with Crippen molar-refractivity contribution in [3.63, 3.8) is 0 Å². The number of nitrogens with zero attached hydrogens (tertiary/aromatic N) is 2. The number of nitrogen functional groups attached to an aromatic ring is 1. The molecule has 0 saturated heterocycles. The van der Waals surface area contributed by atoms with Crippen LogP contribution in [-0.2, 0) is 4.74 Å². The van der Waals surface area contributed by atoms with E-state index in [0.717, 1.165) is 12.2 Å². The second kappa shape index (κ2) is 5.93. The topological polar surface area (TPSA) is 58.8 Å². The molecule has 0 heterocycles. The summed E-state index contributed by atoms with van der Waals surface area (Å²) in [5.41, 5.74) is 8.39. The van der Waals surface area contributed by atoms with E-state index in [2.05, 4.69) is 23.9 Å². The fourth-order valence-electron chi connectivity index (χ4n) is 3.01. The van der Waals surface area contributed by atoms with Gasteiger partial charge in [0.1, 0.15) is 0 Å². The second-order valence-corrected chi connectivity index (χ2v) is 6.09. The molecular weight excluding hydrogens is 266 g/mol. The molecule has 5 nitrogen and oxygen atoms in total. The minimum absolute atomic E-state index is 0.238. The maximum absolute atomic E-state index is 11.5. The Morgan fingerprint density at radius 1 is 1.33 bits per heavy atom. The van der Waals surface area contributed by atoms with Gasteiger partial charge in [-0.2, -0.15) is 0 Å². The Morgan fingerprint density at radius 2 is 2.00 bits per heavy atom. The summed E-state index contributed by atoms with van der Waals surface area (Å²) in [6.45, 7) is 0.932. The summed E-state index contributed by atoms with van der Waals surface area (Å²) >= 11 is 0. The van der Waals surface area contributed by atoms with Crippen molar-refractivity contribution in [1.82, 2.24) is 4.90 Å². The number of ether oxygens (including phenoxy) is 1. The Balaban J connectivity index is 2.16. The zero-order valence-electron chi connectivity index (χ0n) is 13.3. The van der Waals surface area contributed by atoms with Crippen molar-refractivity contribution in [3.05, 3.63) is 23.8 Å². The van der Waals surface area contributed by atoms with Crippen molar-refractivity contribution in [2.24, 2.45) is 0 Å². The molecule has 1 aromatic carbocycles. The van der Waals surface area contributed by atoms with Crippen LogP contribution < -0.4 is 10.6 Å². The fourth-order valence-corrected chi connectivity index (χ4v) is 3.01. The molecular formula is C16H25N3O2. The van der Waals surface area contributed by atoms with Crippen LogP contribution in [0.5, 0.6) is 0 Å². The number of carbonyl (C=O) groups excluding carboxylic acids is 1. The summed E-state index contributed by atoms with van der Waals surface area (Å²) in [6, 6.07) is 5.33. The maximum atomic E-state index is 11.5. The molecule has 2 N–H and O–H groups in total. The highest BCUT2D eigenvalue weighted by molar-refractivity contribution is 5.91. The van der Waals surface area contributed by atoms with Crippen LogP contribution in [-0.4, -0.2) is 51.2 Å². The third-order valence-corrected chi connectivity index (χ3v) is 4.62. The van der Waals surface area contributed by atoms with E-state index in [1.165, 1.54) is 26.4 Å². The number of nitrogens with two attached hydrogens (primary N) is 1. The summed E-state index contributed by atoms with van der Waals surface area (Å²) in [5, 5.41) is 0. The van der Waals surface area contributed by atoms with Crippen LogP contribution in [0.15, 0.2) is 18.2 Å². The lowest BCUT2D eigenvalue weighted by Gasteiger charge is -2.49. The number of likely N-dealkylation sites (N-methyl/N-ethyl adjacent to an activating group) is 2. The number of hydrogen-bond donors (Lipinski definition) is 1. The summed E-state index contributed by atoms with van der Waals surface area (Å²) in [5.74, 6) is -0.361. The van der Waals surface area contributed by atoms with Gasteiger partial charge in [0.2, 0.25) is 0 Å². The van der Waals surface area contributed by atoms with Crippen molar-refractivity contribution in [2.75, 3.05) is 45.4 Å². The molecule has 0 bridgehead atoms. The molecule has 1 aromatic rings. The van der Waals surface area contributed by atoms with Crippen LogP contribution in [0.2, 0.25) is 0 Å². The standard InChI is InChI=1S/C16H25N3O2/c1-18(2)16(8-5-9-16)11-19(3)14-7-6-12(10-13(14)17)15(20)21-4/h6-7,10H,5,8-9,11,17H2,1-4H3. The van der Waals surface area contributed by atoms with Gasteiger partial charge in [-0.15, -0.1) is 0 Å². The van der Waals surface area contributed by atoms with Gasteiger partial charge in [-0.25, -0.2) is 4.79 Å². The number of rotatable bonds is 5. The molecule has 0 unspecified atom stereocenters. The minimum atomic E-state index is -0.361. The SMILES string of the molecule is COC(=O)c1ccc(N(C)CC2(N(C)C)CCC2)c(N)c1. The van der Waals surface area contributed by atoms with Crippen LogP contribution in [0, 0.1) is 0 Å². The number of anilines is 2. The molecule has 1 aliphatic rings. The molecule has 0 aromatic heterocycles. The van der Waals surface area contributed by atoms with E-state index in [-0.39, 0.29) is 11.5 Å². The quantitative estimate of drug-likeness (QED) is 0.664. The molecule has 5 heteroatoms. The largest absolute Gasteiger partial charge is 0.465 e. The van der Waals surface area contributed by atoms with Crippen molar-refractivity contribution >= 4 is 17.3 Å². The van der Waals surface area contributed by atoms with E-state index in [9.17, 15) is 4.79 Å². The fraction of sp³-hybridized carbons (Fsp3) is 0.562. The highest BCUT2D eigenvalue weighted by Gasteiger charge is 2.40. The lowest BCUT2D eigenvalue weighted by atomic mass is 9.75. The van der Waals surface area contributed by atoms with Gasteiger partial charge in [0, 0.05) is 19.1 Å². The third kappa shape index (κ3) is 2.97. The van der Waals surface area contributed by atoms with Crippen LogP contribution >= 0.6 is 0 Å². The maximum Gasteiger partial charge on any atom is 0.337 e. The van der Waals surface area contributed by atoms with E-state index in [1.54, 1.807) is 12.1 Å².